The van der Waals surface area contributed by atoms with E-state index in [0.717, 1.165) is 16.3 Å². The van der Waals surface area contributed by atoms with E-state index in [2.05, 4.69) is 15.5 Å². The van der Waals surface area contributed by atoms with Crippen molar-refractivity contribution >= 4 is 40.0 Å². The van der Waals surface area contributed by atoms with Gasteiger partial charge in [0.2, 0.25) is 11.0 Å². The zero-order valence-corrected chi connectivity index (χ0v) is 17.5. The van der Waals surface area contributed by atoms with Gasteiger partial charge < -0.3 is 14.6 Å². The van der Waals surface area contributed by atoms with Crippen LogP contribution in [-0.2, 0) is 10.5 Å². The maximum absolute atomic E-state index is 13.0. The van der Waals surface area contributed by atoms with Gasteiger partial charge in [-0.15, -0.1) is 10.2 Å². The predicted octanol–water partition coefficient (Wildman–Crippen LogP) is 4.05. The molecule has 1 aromatic carbocycles. The minimum Gasteiger partial charge on any atom is -0.472 e. The first kappa shape index (κ1) is 20.5. The number of nitrogens with zero attached hydrogens (tertiary/aromatic N) is 3. The summed E-state index contributed by atoms with van der Waals surface area (Å²) in [6.07, 6.45) is 4.35. The summed E-state index contributed by atoms with van der Waals surface area (Å²) in [5.74, 6) is -0.217. The van der Waals surface area contributed by atoms with Gasteiger partial charge in [0.25, 0.3) is 5.91 Å². The van der Waals surface area contributed by atoms with Crippen molar-refractivity contribution in [3.8, 4) is 0 Å². The number of rotatable bonds is 6. The predicted molar refractivity (Wildman–Crippen MR) is 112 cm³/mol. The number of benzene rings is 1. The van der Waals surface area contributed by atoms with Gasteiger partial charge >= 0.3 is 0 Å². The Hall–Kier alpha value is -2.72. The molecule has 1 saturated heterocycles. The lowest BCUT2D eigenvalue weighted by Gasteiger charge is -2.31. The Bertz CT molecular complexity index is 1010. The molecule has 1 atom stereocenters. The molecule has 0 unspecified atom stereocenters. The first-order valence-electron chi connectivity index (χ1n) is 9.41. The van der Waals surface area contributed by atoms with E-state index < -0.39 is 0 Å². The summed E-state index contributed by atoms with van der Waals surface area (Å²) in [6.45, 7) is 0.984. The number of nitrogens with one attached hydrogen (secondary N) is 1. The lowest BCUT2D eigenvalue weighted by Crippen LogP contribution is -2.43. The van der Waals surface area contributed by atoms with Crippen molar-refractivity contribution in [1.82, 2.24) is 15.1 Å². The monoisotopic (exact) mass is 446 g/mol. The van der Waals surface area contributed by atoms with Crippen LogP contribution in [0.4, 0.5) is 9.52 Å². The normalized spacial score (nSPS) is 16.4. The van der Waals surface area contributed by atoms with E-state index in [0.29, 0.717) is 36.0 Å². The molecule has 3 aromatic rings. The Morgan fingerprint density at radius 2 is 2.10 bits per heavy atom. The largest absolute Gasteiger partial charge is 0.472 e. The van der Waals surface area contributed by atoms with E-state index in [-0.39, 0.29) is 23.5 Å². The van der Waals surface area contributed by atoms with Crippen LogP contribution in [-0.4, -0.2) is 40.0 Å². The smallest absolute Gasteiger partial charge is 0.257 e. The number of hydrogen-bond acceptors (Lipinski definition) is 7. The maximum atomic E-state index is 13.0. The number of piperidine rings is 1. The standard InChI is InChI=1S/C20H19FN4O3S2/c21-16-5-3-13(4-6-16)12-29-20-24-23-19(30-20)22-17(26)14-2-1-8-25(10-14)18(27)15-7-9-28-11-15/h3-7,9,11,14H,1-2,8,10,12H2,(H,22,23,26)/t14-/m1/s1. The number of halogens is 1. The minimum atomic E-state index is -0.297. The molecule has 4 rings (SSSR count). The summed E-state index contributed by atoms with van der Waals surface area (Å²) >= 11 is 2.77. The van der Waals surface area contributed by atoms with Crippen LogP contribution in [0.25, 0.3) is 0 Å². The number of likely N-dealkylation sites (tertiary alicyclic amines) is 1. The van der Waals surface area contributed by atoms with Crippen LogP contribution in [0.2, 0.25) is 0 Å². The van der Waals surface area contributed by atoms with Gasteiger partial charge in [-0.3, -0.25) is 9.59 Å². The number of thioether (sulfide) groups is 1. The quantitative estimate of drug-likeness (QED) is 0.454. The van der Waals surface area contributed by atoms with Crippen LogP contribution in [0.15, 0.2) is 51.6 Å². The van der Waals surface area contributed by atoms with Gasteiger partial charge in [-0.2, -0.15) is 0 Å². The van der Waals surface area contributed by atoms with E-state index in [1.54, 1.807) is 23.1 Å². The van der Waals surface area contributed by atoms with Crippen LogP contribution in [0, 0.1) is 11.7 Å². The number of carbonyl (C=O) groups excluding carboxylic acids is 2. The lowest BCUT2D eigenvalue weighted by molar-refractivity contribution is -0.121. The van der Waals surface area contributed by atoms with Crippen molar-refractivity contribution in [3.63, 3.8) is 0 Å². The van der Waals surface area contributed by atoms with E-state index in [1.807, 2.05) is 0 Å². The van der Waals surface area contributed by atoms with E-state index in [9.17, 15) is 14.0 Å². The molecule has 156 valence electrons. The Labute approximate surface area is 180 Å². The number of anilines is 1. The molecule has 0 saturated carbocycles. The molecule has 1 aliphatic heterocycles. The highest BCUT2D eigenvalue weighted by Crippen LogP contribution is 2.29. The molecule has 30 heavy (non-hydrogen) atoms. The Morgan fingerprint density at radius 1 is 1.27 bits per heavy atom. The molecule has 1 fully saturated rings. The minimum absolute atomic E-state index is 0.128. The Morgan fingerprint density at radius 3 is 2.87 bits per heavy atom. The van der Waals surface area contributed by atoms with Crippen LogP contribution < -0.4 is 5.32 Å². The number of carbonyl (C=O) groups is 2. The molecule has 2 aromatic heterocycles. The lowest BCUT2D eigenvalue weighted by atomic mass is 9.97. The molecule has 2 amide bonds. The van der Waals surface area contributed by atoms with Crippen molar-refractivity contribution < 1.29 is 18.4 Å². The molecular weight excluding hydrogens is 427 g/mol. The third-order valence-corrected chi connectivity index (χ3v) is 6.80. The summed E-state index contributed by atoms with van der Waals surface area (Å²) in [5.41, 5.74) is 1.47. The highest BCUT2D eigenvalue weighted by Gasteiger charge is 2.29. The third kappa shape index (κ3) is 5.06. The topological polar surface area (TPSA) is 88.3 Å². The second-order valence-corrected chi connectivity index (χ2v) is 9.08. The Kier molecular flexibility index (Phi) is 6.44. The van der Waals surface area contributed by atoms with Crippen molar-refractivity contribution in [1.29, 1.82) is 0 Å². The highest BCUT2D eigenvalue weighted by atomic mass is 32.2. The second-order valence-electron chi connectivity index (χ2n) is 6.88. The molecule has 0 radical (unpaired) electrons. The van der Waals surface area contributed by atoms with Gasteiger partial charge in [0.1, 0.15) is 12.1 Å². The Balaban J connectivity index is 1.30. The number of amides is 2. The zero-order chi connectivity index (χ0) is 20.9. The van der Waals surface area contributed by atoms with Crippen molar-refractivity contribution in [2.45, 2.75) is 22.9 Å². The second kappa shape index (κ2) is 9.40. The fourth-order valence-electron chi connectivity index (χ4n) is 3.20. The fourth-order valence-corrected chi connectivity index (χ4v) is 4.91. The molecular formula is C20H19FN4O3S2. The van der Waals surface area contributed by atoms with Gasteiger partial charge in [0.05, 0.1) is 17.7 Å². The van der Waals surface area contributed by atoms with Gasteiger partial charge in [0.15, 0.2) is 4.34 Å². The van der Waals surface area contributed by atoms with Gasteiger partial charge in [0, 0.05) is 18.8 Å². The first-order chi connectivity index (χ1) is 14.6. The highest BCUT2D eigenvalue weighted by molar-refractivity contribution is 8.00. The van der Waals surface area contributed by atoms with Crippen molar-refractivity contribution in [3.05, 3.63) is 59.8 Å². The summed E-state index contributed by atoms with van der Waals surface area (Å²) in [7, 11) is 0. The van der Waals surface area contributed by atoms with E-state index in [1.165, 1.54) is 47.8 Å². The van der Waals surface area contributed by atoms with Gasteiger partial charge in [-0.25, -0.2) is 4.39 Å². The molecule has 10 heteroatoms. The maximum Gasteiger partial charge on any atom is 0.257 e. The fraction of sp³-hybridized carbons (Fsp3) is 0.300. The molecule has 1 aliphatic rings. The number of hydrogen-bond donors (Lipinski definition) is 1. The molecule has 0 spiro atoms. The average molecular weight is 447 g/mol. The molecule has 3 heterocycles. The zero-order valence-electron chi connectivity index (χ0n) is 15.9. The SMILES string of the molecule is O=C(Nc1nnc(SCc2ccc(F)cc2)s1)[C@@H]1CCCN(C(=O)c2ccoc2)C1. The average Bonchev–Trinajstić information content (AvgIpc) is 3.45. The summed E-state index contributed by atoms with van der Waals surface area (Å²) in [5, 5.41) is 11.4. The van der Waals surface area contributed by atoms with Crippen LogP contribution in [0.3, 0.4) is 0 Å². The molecule has 7 nitrogen and oxygen atoms in total. The van der Waals surface area contributed by atoms with Crippen LogP contribution in [0.1, 0.15) is 28.8 Å². The van der Waals surface area contributed by atoms with Crippen molar-refractivity contribution in [2.75, 3.05) is 18.4 Å². The molecule has 0 bridgehead atoms. The summed E-state index contributed by atoms with van der Waals surface area (Å²) in [4.78, 5) is 26.8. The summed E-state index contributed by atoms with van der Waals surface area (Å²) < 4.78 is 18.7. The van der Waals surface area contributed by atoms with E-state index in [4.69, 9.17) is 4.42 Å². The number of furan rings is 1. The van der Waals surface area contributed by atoms with Crippen LogP contribution in [0.5, 0.6) is 0 Å². The third-order valence-electron chi connectivity index (χ3n) is 4.76. The van der Waals surface area contributed by atoms with Gasteiger partial charge in [-0.05, 0) is 36.6 Å². The van der Waals surface area contributed by atoms with Gasteiger partial charge in [-0.1, -0.05) is 35.2 Å². The summed E-state index contributed by atoms with van der Waals surface area (Å²) in [6, 6.07) is 7.93. The number of aromatic nitrogens is 2. The molecule has 1 N–H and O–H groups in total. The van der Waals surface area contributed by atoms with Crippen LogP contribution >= 0.6 is 23.1 Å². The first-order valence-corrected chi connectivity index (χ1v) is 11.2. The molecule has 0 aliphatic carbocycles. The van der Waals surface area contributed by atoms with Crippen molar-refractivity contribution in [2.24, 2.45) is 5.92 Å². The van der Waals surface area contributed by atoms with E-state index >= 15 is 0 Å².